The van der Waals surface area contributed by atoms with Crippen molar-refractivity contribution in [2.24, 2.45) is 10.8 Å². The van der Waals surface area contributed by atoms with Gasteiger partial charge >= 0.3 is 0 Å². The van der Waals surface area contributed by atoms with Gasteiger partial charge in [0.15, 0.2) is 0 Å². The normalized spacial score (nSPS) is 13.9. The highest BCUT2D eigenvalue weighted by molar-refractivity contribution is 7.80. The molecule has 0 heterocycles. The molecule has 14 heavy (non-hydrogen) atoms. The smallest absolute Gasteiger partial charge is 0.136 e. The number of nitrogens with two attached hydrogens (primary N) is 1. The van der Waals surface area contributed by atoms with Crippen LogP contribution in [0.1, 0.15) is 12.5 Å². The van der Waals surface area contributed by atoms with Crippen LogP contribution < -0.4 is 11.2 Å². The van der Waals surface area contributed by atoms with Crippen LogP contribution in [0.2, 0.25) is 0 Å². The number of rotatable bonds is 3. The third-order valence-corrected chi connectivity index (χ3v) is 1.74. The molecule has 0 aliphatic rings. The van der Waals surface area contributed by atoms with Crippen LogP contribution in [-0.2, 0) is 0 Å². The molecule has 1 aromatic carbocycles. The maximum atomic E-state index is 12.6. The van der Waals surface area contributed by atoms with Crippen LogP contribution in [0.15, 0.2) is 29.4 Å². The van der Waals surface area contributed by atoms with Gasteiger partial charge < -0.3 is 5.73 Å². The Hall–Kier alpha value is -1.07. The molecule has 0 aliphatic heterocycles. The minimum atomic E-state index is -0.495. The molecule has 0 bridgehead atoms. The van der Waals surface area contributed by atoms with E-state index < -0.39 is 5.50 Å². The first kappa shape index (κ1) is 11.0. The van der Waals surface area contributed by atoms with Gasteiger partial charge in [-0.25, -0.2) is 4.39 Å². The Morgan fingerprint density at radius 3 is 2.57 bits per heavy atom. The summed E-state index contributed by atoms with van der Waals surface area (Å²) in [7, 11) is 0. The predicted molar refractivity (Wildman–Crippen MR) is 58.7 cm³/mol. The SMILES string of the molecule is C/C(=N/NC(N)S)c1ccc(F)cc1. The molecule has 1 atom stereocenters. The van der Waals surface area contributed by atoms with E-state index in [-0.39, 0.29) is 5.82 Å². The number of halogens is 1. The van der Waals surface area contributed by atoms with E-state index in [9.17, 15) is 4.39 Å². The third-order valence-electron chi connectivity index (χ3n) is 1.63. The molecule has 1 unspecified atom stereocenters. The molecule has 0 radical (unpaired) electrons. The molecule has 5 heteroatoms. The average Bonchev–Trinajstić information content (AvgIpc) is 2.15. The van der Waals surface area contributed by atoms with Gasteiger partial charge in [0.1, 0.15) is 11.3 Å². The standard InChI is InChI=1S/C9H12FN3S/c1-6(12-13-9(11)14)7-2-4-8(10)5-3-7/h2-5,9,13-14H,11H2,1H3/b12-6-. The highest BCUT2D eigenvalue weighted by atomic mass is 32.1. The van der Waals surface area contributed by atoms with E-state index in [1.807, 2.05) is 0 Å². The molecule has 0 aliphatic carbocycles. The third kappa shape index (κ3) is 3.35. The van der Waals surface area contributed by atoms with Gasteiger partial charge in [-0.1, -0.05) is 12.1 Å². The Labute approximate surface area is 87.6 Å². The highest BCUT2D eigenvalue weighted by Crippen LogP contribution is 2.03. The summed E-state index contributed by atoms with van der Waals surface area (Å²) in [6, 6.07) is 6.07. The Bertz CT molecular complexity index is 321. The molecule has 0 fully saturated rings. The number of nitrogens with one attached hydrogen (secondary N) is 1. The summed E-state index contributed by atoms with van der Waals surface area (Å²) in [5, 5.41) is 3.97. The Kier molecular flexibility index (Phi) is 3.91. The van der Waals surface area contributed by atoms with Crippen molar-refractivity contribution in [3.63, 3.8) is 0 Å². The zero-order chi connectivity index (χ0) is 10.6. The minimum absolute atomic E-state index is 0.264. The molecule has 3 N–H and O–H groups in total. The van der Waals surface area contributed by atoms with Gasteiger partial charge in [0.25, 0.3) is 0 Å². The molecule has 3 nitrogen and oxygen atoms in total. The second-order valence-corrected chi connectivity index (χ2v) is 3.33. The van der Waals surface area contributed by atoms with E-state index in [0.717, 1.165) is 11.3 Å². The lowest BCUT2D eigenvalue weighted by Gasteiger charge is -2.05. The molecule has 0 saturated carbocycles. The van der Waals surface area contributed by atoms with Gasteiger partial charge in [0.2, 0.25) is 0 Å². The fraction of sp³-hybridized carbons (Fsp3) is 0.222. The summed E-state index contributed by atoms with van der Waals surface area (Å²) >= 11 is 3.90. The first-order valence-electron chi connectivity index (χ1n) is 4.09. The van der Waals surface area contributed by atoms with Gasteiger partial charge in [-0.2, -0.15) is 5.10 Å². The molecule has 76 valence electrons. The lowest BCUT2D eigenvalue weighted by molar-refractivity contribution is 0.627. The monoisotopic (exact) mass is 213 g/mol. The van der Waals surface area contributed by atoms with Gasteiger partial charge in [-0.05, 0) is 24.6 Å². The number of hydrogen-bond donors (Lipinski definition) is 3. The van der Waals surface area contributed by atoms with Gasteiger partial charge in [0.05, 0.1) is 5.71 Å². The van der Waals surface area contributed by atoms with E-state index in [0.29, 0.717) is 0 Å². The predicted octanol–water partition coefficient (Wildman–Crippen LogP) is 1.31. The van der Waals surface area contributed by atoms with Gasteiger partial charge in [0, 0.05) is 0 Å². The number of hydrazone groups is 1. The fourth-order valence-electron chi connectivity index (χ4n) is 0.919. The van der Waals surface area contributed by atoms with Crippen molar-refractivity contribution in [1.29, 1.82) is 0 Å². The maximum Gasteiger partial charge on any atom is 0.136 e. The van der Waals surface area contributed by atoms with Gasteiger partial charge in [-0.3, -0.25) is 5.43 Å². The van der Waals surface area contributed by atoms with Crippen LogP contribution in [0.3, 0.4) is 0 Å². The molecular weight excluding hydrogens is 201 g/mol. The minimum Gasteiger partial charge on any atom is -0.302 e. The van der Waals surface area contributed by atoms with E-state index in [4.69, 9.17) is 5.73 Å². The van der Waals surface area contributed by atoms with Crippen LogP contribution in [-0.4, -0.2) is 11.2 Å². The van der Waals surface area contributed by atoms with Crippen molar-refractivity contribution in [3.05, 3.63) is 35.6 Å². The van der Waals surface area contributed by atoms with Crippen molar-refractivity contribution >= 4 is 18.3 Å². The summed E-state index contributed by atoms with van der Waals surface area (Å²) in [6.07, 6.45) is 0. The Morgan fingerprint density at radius 1 is 1.50 bits per heavy atom. The molecule has 1 rings (SSSR count). The first-order chi connectivity index (χ1) is 6.59. The molecular formula is C9H12FN3S. The number of nitrogens with zero attached hydrogens (tertiary/aromatic N) is 1. The Morgan fingerprint density at radius 2 is 2.07 bits per heavy atom. The van der Waals surface area contributed by atoms with Crippen molar-refractivity contribution in [2.45, 2.75) is 12.4 Å². The van der Waals surface area contributed by atoms with Crippen molar-refractivity contribution in [1.82, 2.24) is 5.43 Å². The van der Waals surface area contributed by atoms with Crippen LogP contribution >= 0.6 is 12.6 Å². The zero-order valence-electron chi connectivity index (χ0n) is 7.74. The summed E-state index contributed by atoms with van der Waals surface area (Å²) in [4.78, 5) is 0. The number of thiol groups is 1. The summed E-state index contributed by atoms with van der Waals surface area (Å²) in [6.45, 7) is 1.80. The van der Waals surface area contributed by atoms with Crippen molar-refractivity contribution in [3.8, 4) is 0 Å². The van der Waals surface area contributed by atoms with Crippen molar-refractivity contribution in [2.75, 3.05) is 0 Å². The van der Waals surface area contributed by atoms with Gasteiger partial charge in [-0.15, -0.1) is 12.6 Å². The quantitative estimate of drug-likeness (QED) is 0.307. The van der Waals surface area contributed by atoms with Crippen LogP contribution in [0, 0.1) is 5.82 Å². The summed E-state index contributed by atoms with van der Waals surface area (Å²) in [5.41, 5.74) is 9.00. The largest absolute Gasteiger partial charge is 0.302 e. The number of hydrogen-bond acceptors (Lipinski definition) is 4. The van der Waals surface area contributed by atoms with E-state index in [2.05, 4.69) is 23.2 Å². The van der Waals surface area contributed by atoms with Crippen molar-refractivity contribution < 1.29 is 4.39 Å². The summed E-state index contributed by atoms with van der Waals surface area (Å²) in [5.74, 6) is -0.264. The molecule has 1 aromatic rings. The lowest BCUT2D eigenvalue weighted by Crippen LogP contribution is -2.28. The Balaban J connectivity index is 2.73. The van der Waals surface area contributed by atoms with E-state index in [1.54, 1.807) is 19.1 Å². The second kappa shape index (κ2) is 4.97. The first-order valence-corrected chi connectivity index (χ1v) is 4.60. The van der Waals surface area contributed by atoms with Crippen LogP contribution in [0.5, 0.6) is 0 Å². The number of benzene rings is 1. The molecule has 0 spiro atoms. The van der Waals surface area contributed by atoms with E-state index >= 15 is 0 Å². The van der Waals surface area contributed by atoms with Crippen LogP contribution in [0.25, 0.3) is 0 Å². The molecule has 0 saturated heterocycles. The second-order valence-electron chi connectivity index (χ2n) is 2.78. The maximum absolute atomic E-state index is 12.6. The fourth-order valence-corrected chi connectivity index (χ4v) is 0.976. The van der Waals surface area contributed by atoms with Crippen LogP contribution in [0.4, 0.5) is 4.39 Å². The summed E-state index contributed by atoms with van der Waals surface area (Å²) < 4.78 is 12.6. The zero-order valence-corrected chi connectivity index (χ0v) is 8.63. The lowest BCUT2D eigenvalue weighted by atomic mass is 10.1. The highest BCUT2D eigenvalue weighted by Gasteiger charge is 1.97. The van der Waals surface area contributed by atoms with E-state index in [1.165, 1.54) is 12.1 Å². The molecule has 0 aromatic heterocycles. The topological polar surface area (TPSA) is 50.4 Å². The molecule has 0 amide bonds. The average molecular weight is 213 g/mol.